The van der Waals surface area contributed by atoms with Crippen LogP contribution in [0.5, 0.6) is 0 Å². The minimum atomic E-state index is -0.871. The van der Waals surface area contributed by atoms with E-state index in [2.05, 4.69) is 21.2 Å². The van der Waals surface area contributed by atoms with E-state index in [0.717, 1.165) is 17.4 Å². The lowest BCUT2D eigenvalue weighted by molar-refractivity contribution is 0.0363. The third kappa shape index (κ3) is 4.55. The van der Waals surface area contributed by atoms with Crippen molar-refractivity contribution in [2.45, 2.75) is 50.7 Å². The third-order valence-electron chi connectivity index (χ3n) is 3.68. The van der Waals surface area contributed by atoms with Crippen LogP contribution >= 0.6 is 15.9 Å². The second-order valence-electron chi connectivity index (χ2n) is 5.76. The molecule has 0 amide bonds. The molecule has 0 aromatic heterocycles. The topological polar surface area (TPSA) is 32.3 Å². The van der Waals surface area contributed by atoms with Crippen LogP contribution in [0.3, 0.4) is 0 Å². The summed E-state index contributed by atoms with van der Waals surface area (Å²) in [6.07, 6.45) is 4.53. The average molecular weight is 330 g/mol. The maximum Gasteiger partial charge on any atom is 0.127 e. The van der Waals surface area contributed by atoms with Crippen LogP contribution in [0.4, 0.5) is 4.39 Å². The maximum absolute atomic E-state index is 13.8. The van der Waals surface area contributed by atoms with Gasteiger partial charge in [-0.05, 0) is 50.4 Å². The highest BCUT2D eigenvalue weighted by Crippen LogP contribution is 2.25. The fraction of sp³-hybridized carbons (Fsp3) is 0.600. The number of hydrogen-bond donors (Lipinski definition) is 2. The fourth-order valence-corrected chi connectivity index (χ4v) is 3.11. The number of hydrogen-bond acceptors (Lipinski definition) is 2. The van der Waals surface area contributed by atoms with E-state index < -0.39 is 5.60 Å². The number of aliphatic hydroxyl groups is 1. The molecule has 0 bridgehead atoms. The van der Waals surface area contributed by atoms with Gasteiger partial charge < -0.3 is 10.4 Å². The summed E-state index contributed by atoms with van der Waals surface area (Å²) in [6, 6.07) is 5.35. The number of nitrogens with one attached hydrogen (secondary N) is 1. The molecule has 2 unspecified atom stereocenters. The van der Waals surface area contributed by atoms with Crippen molar-refractivity contribution in [3.8, 4) is 0 Å². The lowest BCUT2D eigenvalue weighted by Gasteiger charge is -2.31. The first kappa shape index (κ1) is 14.9. The molecule has 0 saturated carbocycles. The SMILES string of the molecule is CC(O)(Cc1ccc(Br)cc1F)CC1CCCCN1. The summed E-state index contributed by atoms with van der Waals surface area (Å²) in [5.74, 6) is -0.258. The highest BCUT2D eigenvalue weighted by Gasteiger charge is 2.27. The van der Waals surface area contributed by atoms with Crippen molar-refractivity contribution in [2.24, 2.45) is 0 Å². The number of rotatable bonds is 4. The quantitative estimate of drug-likeness (QED) is 0.887. The van der Waals surface area contributed by atoms with Gasteiger partial charge in [0.1, 0.15) is 5.82 Å². The Morgan fingerprint density at radius 3 is 2.89 bits per heavy atom. The van der Waals surface area contributed by atoms with Crippen LogP contribution in [0.1, 0.15) is 38.2 Å². The predicted octanol–water partition coefficient (Wildman–Crippen LogP) is 3.41. The van der Waals surface area contributed by atoms with Gasteiger partial charge in [-0.15, -0.1) is 0 Å². The summed E-state index contributed by atoms with van der Waals surface area (Å²) in [6.45, 7) is 2.82. The molecule has 19 heavy (non-hydrogen) atoms. The molecule has 1 fully saturated rings. The normalized spacial score (nSPS) is 23.1. The van der Waals surface area contributed by atoms with Crippen molar-refractivity contribution in [3.63, 3.8) is 0 Å². The summed E-state index contributed by atoms with van der Waals surface area (Å²) < 4.78 is 14.5. The molecular weight excluding hydrogens is 309 g/mol. The van der Waals surface area contributed by atoms with E-state index in [-0.39, 0.29) is 5.82 Å². The molecule has 2 N–H and O–H groups in total. The zero-order chi connectivity index (χ0) is 13.9. The van der Waals surface area contributed by atoms with E-state index in [1.165, 1.54) is 18.9 Å². The Morgan fingerprint density at radius 1 is 1.47 bits per heavy atom. The van der Waals surface area contributed by atoms with Gasteiger partial charge in [-0.3, -0.25) is 0 Å². The Labute approximate surface area is 122 Å². The minimum absolute atomic E-state index is 0.258. The lowest BCUT2D eigenvalue weighted by Crippen LogP contribution is -2.42. The van der Waals surface area contributed by atoms with Crippen LogP contribution in [-0.4, -0.2) is 23.3 Å². The van der Waals surface area contributed by atoms with Crippen LogP contribution in [0, 0.1) is 5.82 Å². The molecule has 1 aromatic carbocycles. The first-order chi connectivity index (χ1) is 8.96. The molecule has 1 aliphatic rings. The summed E-state index contributed by atoms with van der Waals surface area (Å²) in [5.41, 5.74) is -0.298. The van der Waals surface area contributed by atoms with Gasteiger partial charge in [0.25, 0.3) is 0 Å². The standard InChI is InChI=1S/C15H21BrFNO/c1-15(19,10-13-4-2-3-7-18-13)9-11-5-6-12(16)8-14(11)17/h5-6,8,13,18-19H,2-4,7,9-10H2,1H3. The molecule has 4 heteroatoms. The van der Waals surface area contributed by atoms with Gasteiger partial charge in [0.05, 0.1) is 5.60 Å². The molecule has 0 spiro atoms. The van der Waals surface area contributed by atoms with Gasteiger partial charge in [-0.25, -0.2) is 4.39 Å². The maximum atomic E-state index is 13.8. The van der Waals surface area contributed by atoms with Gasteiger partial charge in [-0.2, -0.15) is 0 Å². The first-order valence-corrected chi connectivity index (χ1v) is 7.65. The molecule has 2 atom stereocenters. The van der Waals surface area contributed by atoms with E-state index in [0.29, 0.717) is 24.4 Å². The monoisotopic (exact) mass is 329 g/mol. The number of piperidine rings is 1. The largest absolute Gasteiger partial charge is 0.390 e. The van der Waals surface area contributed by atoms with Crippen LogP contribution in [-0.2, 0) is 6.42 Å². The number of benzene rings is 1. The zero-order valence-electron chi connectivity index (χ0n) is 11.3. The van der Waals surface area contributed by atoms with E-state index in [1.54, 1.807) is 13.0 Å². The van der Waals surface area contributed by atoms with Crippen molar-refractivity contribution in [3.05, 3.63) is 34.1 Å². The van der Waals surface area contributed by atoms with Crippen molar-refractivity contribution in [2.75, 3.05) is 6.54 Å². The van der Waals surface area contributed by atoms with Gasteiger partial charge in [0.2, 0.25) is 0 Å². The van der Waals surface area contributed by atoms with E-state index >= 15 is 0 Å². The predicted molar refractivity (Wildman–Crippen MR) is 78.7 cm³/mol. The summed E-state index contributed by atoms with van der Waals surface area (Å²) in [7, 11) is 0. The third-order valence-corrected chi connectivity index (χ3v) is 4.18. The first-order valence-electron chi connectivity index (χ1n) is 6.86. The van der Waals surface area contributed by atoms with Gasteiger partial charge >= 0.3 is 0 Å². The summed E-state index contributed by atoms with van der Waals surface area (Å²) >= 11 is 3.24. The molecule has 0 radical (unpaired) electrons. The Morgan fingerprint density at radius 2 is 2.26 bits per heavy atom. The molecule has 0 aliphatic carbocycles. The van der Waals surface area contributed by atoms with Crippen LogP contribution in [0.15, 0.2) is 22.7 Å². The second kappa shape index (κ2) is 6.33. The second-order valence-corrected chi connectivity index (χ2v) is 6.68. The highest BCUT2D eigenvalue weighted by molar-refractivity contribution is 9.10. The fourth-order valence-electron chi connectivity index (χ4n) is 2.78. The molecule has 1 heterocycles. The average Bonchev–Trinajstić information content (AvgIpc) is 2.33. The molecule has 2 nitrogen and oxygen atoms in total. The van der Waals surface area contributed by atoms with Crippen LogP contribution in [0.25, 0.3) is 0 Å². The summed E-state index contributed by atoms with van der Waals surface area (Å²) in [4.78, 5) is 0. The lowest BCUT2D eigenvalue weighted by atomic mass is 9.87. The van der Waals surface area contributed by atoms with Crippen molar-refractivity contribution in [1.82, 2.24) is 5.32 Å². The minimum Gasteiger partial charge on any atom is -0.390 e. The van der Waals surface area contributed by atoms with Gasteiger partial charge in [-0.1, -0.05) is 28.4 Å². The van der Waals surface area contributed by atoms with Crippen molar-refractivity contribution in [1.29, 1.82) is 0 Å². The Hall–Kier alpha value is -0.450. The highest BCUT2D eigenvalue weighted by atomic mass is 79.9. The van der Waals surface area contributed by atoms with E-state index in [9.17, 15) is 9.50 Å². The van der Waals surface area contributed by atoms with E-state index in [1.807, 2.05) is 6.07 Å². The Bertz CT molecular complexity index is 430. The Kier molecular flexibility index (Phi) is 4.98. The van der Waals surface area contributed by atoms with E-state index in [4.69, 9.17) is 0 Å². The molecule has 1 aliphatic heterocycles. The molecular formula is C15H21BrFNO. The van der Waals surface area contributed by atoms with Crippen molar-refractivity contribution >= 4 is 15.9 Å². The number of halogens is 2. The molecule has 106 valence electrons. The molecule has 1 aromatic rings. The zero-order valence-corrected chi connectivity index (χ0v) is 12.8. The van der Waals surface area contributed by atoms with Crippen LogP contribution < -0.4 is 5.32 Å². The smallest absolute Gasteiger partial charge is 0.127 e. The van der Waals surface area contributed by atoms with Gasteiger partial charge in [0, 0.05) is 16.9 Å². The Balaban J connectivity index is 1.99. The van der Waals surface area contributed by atoms with Crippen LogP contribution in [0.2, 0.25) is 0 Å². The van der Waals surface area contributed by atoms with Crippen molar-refractivity contribution < 1.29 is 9.50 Å². The summed E-state index contributed by atoms with van der Waals surface area (Å²) in [5, 5.41) is 13.9. The van der Waals surface area contributed by atoms with Gasteiger partial charge in [0.15, 0.2) is 0 Å². The molecule has 2 rings (SSSR count). The molecule has 1 saturated heterocycles.